The van der Waals surface area contributed by atoms with E-state index in [1.807, 2.05) is 6.07 Å². The van der Waals surface area contributed by atoms with Gasteiger partial charge in [-0.25, -0.2) is 0 Å². The minimum absolute atomic E-state index is 0. The molecule has 24 heavy (non-hydrogen) atoms. The smallest absolute Gasteiger partial charge is 0.123 e. The summed E-state index contributed by atoms with van der Waals surface area (Å²) in [6, 6.07) is 9.11. The summed E-state index contributed by atoms with van der Waals surface area (Å²) >= 11 is 0. The van der Waals surface area contributed by atoms with Crippen LogP contribution in [-0.2, 0) is 11.3 Å². The topological polar surface area (TPSA) is 37.0 Å². The van der Waals surface area contributed by atoms with E-state index in [4.69, 9.17) is 9.47 Å². The molecular weight excluding hydrogens is 326 g/mol. The van der Waals surface area contributed by atoms with Crippen molar-refractivity contribution in [3.8, 4) is 5.75 Å². The second kappa shape index (κ2) is 10.2. The zero-order valence-corrected chi connectivity index (χ0v) is 15.4. The Morgan fingerprint density at radius 2 is 1.92 bits per heavy atom. The van der Waals surface area contributed by atoms with Crippen LogP contribution in [-0.4, -0.2) is 75.4 Å². The van der Waals surface area contributed by atoms with Crippen molar-refractivity contribution in [3.05, 3.63) is 29.8 Å². The maximum Gasteiger partial charge on any atom is 0.123 e. The van der Waals surface area contributed by atoms with Crippen LogP contribution in [0.4, 0.5) is 0 Å². The Hall–Kier alpha value is -0.850. The summed E-state index contributed by atoms with van der Waals surface area (Å²) in [4.78, 5) is 5.21. The van der Waals surface area contributed by atoms with E-state index in [0.717, 1.165) is 31.4 Å². The number of benzene rings is 1. The van der Waals surface area contributed by atoms with Gasteiger partial charge >= 0.3 is 0 Å². The molecule has 0 aliphatic carbocycles. The Bertz CT molecular complexity index is 483. The molecule has 1 unspecified atom stereocenters. The maximum absolute atomic E-state index is 5.86. The van der Waals surface area contributed by atoms with Crippen molar-refractivity contribution in [3.63, 3.8) is 0 Å². The first-order chi connectivity index (χ1) is 11.4. The van der Waals surface area contributed by atoms with Crippen molar-refractivity contribution in [2.24, 2.45) is 0 Å². The van der Waals surface area contributed by atoms with E-state index in [1.165, 1.54) is 38.2 Å². The number of nitrogens with one attached hydrogen (secondary N) is 1. The van der Waals surface area contributed by atoms with Gasteiger partial charge in [-0.05, 0) is 12.5 Å². The molecule has 2 fully saturated rings. The summed E-state index contributed by atoms with van der Waals surface area (Å²) in [6.45, 7) is 9.21. The third-order valence-corrected chi connectivity index (χ3v) is 4.83. The van der Waals surface area contributed by atoms with Gasteiger partial charge in [-0.3, -0.25) is 9.80 Å². The summed E-state index contributed by atoms with van der Waals surface area (Å²) < 4.78 is 10.9. The van der Waals surface area contributed by atoms with E-state index in [1.54, 1.807) is 7.11 Å². The number of piperazine rings is 1. The molecule has 6 heteroatoms. The Kier molecular flexibility index (Phi) is 8.29. The van der Waals surface area contributed by atoms with Gasteiger partial charge in [-0.15, -0.1) is 12.4 Å². The fourth-order valence-electron chi connectivity index (χ4n) is 3.55. The first-order valence-electron chi connectivity index (χ1n) is 8.73. The molecule has 0 spiro atoms. The first kappa shape index (κ1) is 19.5. The van der Waals surface area contributed by atoms with Gasteiger partial charge in [0.25, 0.3) is 0 Å². The molecule has 1 aromatic carbocycles. The monoisotopic (exact) mass is 355 g/mol. The highest BCUT2D eigenvalue weighted by molar-refractivity contribution is 5.85. The van der Waals surface area contributed by atoms with Crippen LogP contribution in [0.15, 0.2) is 24.3 Å². The van der Waals surface area contributed by atoms with Crippen molar-refractivity contribution in [2.45, 2.75) is 19.0 Å². The highest BCUT2D eigenvalue weighted by atomic mass is 35.5. The van der Waals surface area contributed by atoms with E-state index in [0.29, 0.717) is 13.2 Å². The Morgan fingerprint density at radius 1 is 1.12 bits per heavy atom. The maximum atomic E-state index is 5.86. The van der Waals surface area contributed by atoms with E-state index < -0.39 is 0 Å². The molecule has 1 N–H and O–H groups in total. The molecule has 0 saturated carbocycles. The van der Waals surface area contributed by atoms with Crippen LogP contribution < -0.4 is 10.1 Å². The second-order valence-corrected chi connectivity index (χ2v) is 6.41. The van der Waals surface area contributed by atoms with Crippen LogP contribution in [0.25, 0.3) is 0 Å². The molecule has 0 bridgehead atoms. The minimum Gasteiger partial charge on any atom is -0.491 e. The van der Waals surface area contributed by atoms with Gasteiger partial charge in [0, 0.05) is 64.5 Å². The van der Waals surface area contributed by atoms with Crippen LogP contribution in [0.1, 0.15) is 12.0 Å². The zero-order chi connectivity index (χ0) is 15.9. The minimum atomic E-state index is 0. The molecule has 0 amide bonds. The van der Waals surface area contributed by atoms with Gasteiger partial charge in [0.05, 0.1) is 6.61 Å². The second-order valence-electron chi connectivity index (χ2n) is 6.41. The first-order valence-corrected chi connectivity index (χ1v) is 8.73. The molecule has 2 aliphatic heterocycles. The molecule has 5 nitrogen and oxygen atoms in total. The quantitative estimate of drug-likeness (QED) is 0.752. The zero-order valence-electron chi connectivity index (χ0n) is 14.6. The number of hydrogen-bond acceptors (Lipinski definition) is 5. The lowest BCUT2D eigenvalue weighted by Crippen LogP contribution is -2.49. The molecule has 2 heterocycles. The Labute approximate surface area is 151 Å². The van der Waals surface area contributed by atoms with Gasteiger partial charge in [-0.1, -0.05) is 18.2 Å². The van der Waals surface area contributed by atoms with Crippen molar-refractivity contribution in [2.75, 3.05) is 59.6 Å². The van der Waals surface area contributed by atoms with Crippen LogP contribution in [0.3, 0.4) is 0 Å². The van der Waals surface area contributed by atoms with Crippen molar-refractivity contribution < 1.29 is 9.47 Å². The van der Waals surface area contributed by atoms with E-state index in [2.05, 4.69) is 33.3 Å². The number of halogens is 1. The van der Waals surface area contributed by atoms with Crippen LogP contribution in [0, 0.1) is 0 Å². The largest absolute Gasteiger partial charge is 0.491 e. The molecular formula is C18H30ClN3O2. The SMILES string of the molecule is COCCOc1ccccc1CN1CCC(N2CCNCC2)C1.Cl. The van der Waals surface area contributed by atoms with E-state index in [9.17, 15) is 0 Å². The van der Waals surface area contributed by atoms with Gasteiger partial charge in [0.1, 0.15) is 12.4 Å². The third kappa shape index (κ3) is 5.33. The van der Waals surface area contributed by atoms with Gasteiger partial charge in [0.15, 0.2) is 0 Å². The van der Waals surface area contributed by atoms with Gasteiger partial charge < -0.3 is 14.8 Å². The Morgan fingerprint density at radius 3 is 2.71 bits per heavy atom. The van der Waals surface area contributed by atoms with Crippen LogP contribution in [0.5, 0.6) is 5.75 Å². The summed E-state index contributed by atoms with van der Waals surface area (Å²) in [5, 5.41) is 3.44. The van der Waals surface area contributed by atoms with Crippen molar-refractivity contribution >= 4 is 12.4 Å². The normalized spacial score (nSPS) is 22.3. The molecule has 2 saturated heterocycles. The molecule has 2 aliphatic rings. The number of rotatable bonds is 7. The average molecular weight is 356 g/mol. The fraction of sp³-hybridized carbons (Fsp3) is 0.667. The molecule has 3 rings (SSSR count). The van der Waals surface area contributed by atoms with Gasteiger partial charge in [0.2, 0.25) is 0 Å². The highest BCUT2D eigenvalue weighted by Crippen LogP contribution is 2.23. The number of hydrogen-bond donors (Lipinski definition) is 1. The number of ether oxygens (including phenoxy) is 2. The molecule has 0 radical (unpaired) electrons. The van der Waals surface area contributed by atoms with Gasteiger partial charge in [-0.2, -0.15) is 0 Å². The molecule has 0 aromatic heterocycles. The number of para-hydroxylation sites is 1. The number of methoxy groups -OCH3 is 1. The average Bonchev–Trinajstić information content (AvgIpc) is 3.06. The third-order valence-electron chi connectivity index (χ3n) is 4.83. The number of nitrogens with zero attached hydrogens (tertiary/aromatic N) is 2. The summed E-state index contributed by atoms with van der Waals surface area (Å²) in [5.41, 5.74) is 1.28. The molecule has 1 atom stereocenters. The lowest BCUT2D eigenvalue weighted by Gasteiger charge is -2.32. The standard InChI is InChI=1S/C18H29N3O2.ClH/c1-22-12-13-23-18-5-3-2-4-16(18)14-20-9-6-17(15-20)21-10-7-19-8-11-21;/h2-5,17,19H,6-15H2,1H3;1H. The lowest BCUT2D eigenvalue weighted by atomic mass is 10.2. The van der Waals surface area contributed by atoms with E-state index in [-0.39, 0.29) is 12.4 Å². The predicted molar refractivity (Wildman–Crippen MR) is 99.2 cm³/mol. The summed E-state index contributed by atoms with van der Waals surface area (Å²) in [7, 11) is 1.70. The fourth-order valence-corrected chi connectivity index (χ4v) is 3.55. The lowest BCUT2D eigenvalue weighted by molar-refractivity contribution is 0.144. The molecule has 1 aromatic rings. The highest BCUT2D eigenvalue weighted by Gasteiger charge is 2.28. The predicted octanol–water partition coefficient (Wildman–Crippen LogP) is 1.61. The summed E-state index contributed by atoms with van der Waals surface area (Å²) in [5.74, 6) is 0.996. The van der Waals surface area contributed by atoms with E-state index >= 15 is 0 Å². The van der Waals surface area contributed by atoms with Crippen LogP contribution >= 0.6 is 12.4 Å². The number of likely N-dealkylation sites (tertiary alicyclic amines) is 1. The summed E-state index contributed by atoms with van der Waals surface area (Å²) in [6.07, 6.45) is 1.28. The molecule has 136 valence electrons. The Balaban J connectivity index is 0.00000208. The van der Waals surface area contributed by atoms with Crippen molar-refractivity contribution in [1.29, 1.82) is 0 Å². The van der Waals surface area contributed by atoms with Crippen LogP contribution in [0.2, 0.25) is 0 Å². The van der Waals surface area contributed by atoms with Crippen molar-refractivity contribution in [1.82, 2.24) is 15.1 Å².